The molecule has 140 valence electrons. The van der Waals surface area contributed by atoms with Crippen LogP contribution in [-0.2, 0) is 0 Å². The van der Waals surface area contributed by atoms with E-state index in [1.54, 1.807) is 0 Å². The number of hydrogen-bond acceptors (Lipinski definition) is 2. The Bertz CT molecular complexity index is 937. The molecule has 2 aromatic carbocycles. The molecule has 1 saturated heterocycles. The maximum atomic E-state index is 12.3. The van der Waals surface area contributed by atoms with Gasteiger partial charge in [0.2, 0.25) is 0 Å². The summed E-state index contributed by atoms with van der Waals surface area (Å²) in [5, 5.41) is 7.04. The van der Waals surface area contributed by atoms with Crippen LogP contribution in [0, 0.1) is 6.92 Å². The Labute approximate surface area is 159 Å². The van der Waals surface area contributed by atoms with Crippen LogP contribution in [0.1, 0.15) is 29.9 Å². The molecule has 27 heavy (non-hydrogen) atoms. The smallest absolute Gasteiger partial charge is 0.323 e. The molecule has 0 radical (unpaired) electrons. The molecule has 0 saturated carbocycles. The topological polar surface area (TPSA) is 60.2 Å². The second kappa shape index (κ2) is 7.45. The number of hydrogen-bond donors (Lipinski definition) is 3. The number of fused-ring (bicyclic) bond motifs is 1. The van der Waals surface area contributed by atoms with Crippen LogP contribution >= 0.6 is 0 Å². The Hall–Kier alpha value is -2.79. The quantitative estimate of drug-likeness (QED) is 0.619. The largest absolute Gasteiger partial charge is 0.361 e. The van der Waals surface area contributed by atoms with Crippen molar-refractivity contribution in [3.05, 3.63) is 59.8 Å². The molecule has 3 N–H and O–H groups in total. The van der Waals surface area contributed by atoms with Crippen LogP contribution in [0.5, 0.6) is 0 Å². The molecule has 0 bridgehead atoms. The summed E-state index contributed by atoms with van der Waals surface area (Å²) in [7, 11) is 2.18. The maximum absolute atomic E-state index is 12.3. The predicted octanol–water partition coefficient (Wildman–Crippen LogP) is 4.93. The summed E-state index contributed by atoms with van der Waals surface area (Å²) in [6.45, 7) is 4.29. The van der Waals surface area contributed by atoms with Crippen LogP contribution in [0.4, 0.5) is 16.2 Å². The second-order valence-electron chi connectivity index (χ2n) is 7.53. The Balaban J connectivity index is 1.50. The summed E-state index contributed by atoms with van der Waals surface area (Å²) in [6, 6.07) is 13.6. The molecule has 0 unspecified atom stereocenters. The van der Waals surface area contributed by atoms with Crippen molar-refractivity contribution < 1.29 is 4.79 Å². The summed E-state index contributed by atoms with van der Waals surface area (Å²) < 4.78 is 0. The van der Waals surface area contributed by atoms with Crippen LogP contribution < -0.4 is 10.6 Å². The first-order valence-corrected chi connectivity index (χ1v) is 9.53. The van der Waals surface area contributed by atoms with Gasteiger partial charge < -0.3 is 20.5 Å². The Morgan fingerprint density at radius 3 is 2.44 bits per heavy atom. The van der Waals surface area contributed by atoms with Crippen LogP contribution in [0.2, 0.25) is 0 Å². The first kappa shape index (κ1) is 17.6. The molecule has 2 amide bonds. The molecule has 1 aliphatic rings. The highest BCUT2D eigenvalue weighted by molar-refractivity contribution is 6.01. The number of piperidine rings is 1. The van der Waals surface area contributed by atoms with Crippen molar-refractivity contribution in [2.75, 3.05) is 30.8 Å². The van der Waals surface area contributed by atoms with Crippen molar-refractivity contribution in [3.63, 3.8) is 0 Å². The minimum atomic E-state index is -0.227. The third kappa shape index (κ3) is 3.98. The summed E-state index contributed by atoms with van der Waals surface area (Å²) in [6.07, 6.45) is 4.49. The molecule has 1 fully saturated rings. The third-order valence-corrected chi connectivity index (χ3v) is 5.44. The van der Waals surface area contributed by atoms with E-state index in [0.29, 0.717) is 5.92 Å². The lowest BCUT2D eigenvalue weighted by atomic mass is 9.89. The van der Waals surface area contributed by atoms with Gasteiger partial charge in [0.1, 0.15) is 0 Å². The Morgan fingerprint density at radius 1 is 1.04 bits per heavy atom. The monoisotopic (exact) mass is 362 g/mol. The SMILES string of the molecule is Cc1ccc(NC(=O)Nc2ccc3[nH]cc(C4CCN(C)CC4)c3c2)cc1. The zero-order chi connectivity index (χ0) is 18.8. The van der Waals surface area contributed by atoms with Crippen molar-refractivity contribution in [1.29, 1.82) is 0 Å². The van der Waals surface area contributed by atoms with Gasteiger partial charge in [-0.2, -0.15) is 0 Å². The zero-order valence-electron chi connectivity index (χ0n) is 15.9. The number of nitrogens with one attached hydrogen (secondary N) is 3. The van der Waals surface area contributed by atoms with Crippen molar-refractivity contribution in [1.82, 2.24) is 9.88 Å². The molecule has 3 aromatic rings. The first-order chi connectivity index (χ1) is 13.1. The average Bonchev–Trinajstić information content (AvgIpc) is 3.07. The molecular formula is C22H26N4O. The van der Waals surface area contributed by atoms with Gasteiger partial charge in [-0.3, -0.25) is 0 Å². The fraction of sp³-hybridized carbons (Fsp3) is 0.318. The van der Waals surface area contributed by atoms with Gasteiger partial charge in [-0.1, -0.05) is 17.7 Å². The number of carbonyl (C=O) groups excluding carboxylic acids is 1. The number of amides is 2. The number of aromatic amines is 1. The highest BCUT2D eigenvalue weighted by Crippen LogP contribution is 2.34. The summed E-state index contributed by atoms with van der Waals surface area (Å²) in [4.78, 5) is 18.1. The number of urea groups is 1. The number of H-pyrrole nitrogens is 1. The number of carbonyl (C=O) groups is 1. The van der Waals surface area contributed by atoms with Crippen LogP contribution in [0.15, 0.2) is 48.7 Å². The van der Waals surface area contributed by atoms with Gasteiger partial charge in [0, 0.05) is 28.5 Å². The normalized spacial score (nSPS) is 15.8. The van der Waals surface area contributed by atoms with E-state index >= 15 is 0 Å². The third-order valence-electron chi connectivity index (χ3n) is 5.44. The van der Waals surface area contributed by atoms with E-state index in [9.17, 15) is 4.79 Å². The number of benzene rings is 2. The lowest BCUT2D eigenvalue weighted by Gasteiger charge is -2.28. The van der Waals surface area contributed by atoms with E-state index in [2.05, 4.69) is 39.8 Å². The maximum Gasteiger partial charge on any atom is 0.323 e. The number of aromatic nitrogens is 1. The van der Waals surface area contributed by atoms with E-state index in [4.69, 9.17) is 0 Å². The van der Waals surface area contributed by atoms with Crippen molar-refractivity contribution in [3.8, 4) is 0 Å². The summed E-state index contributed by atoms with van der Waals surface area (Å²) >= 11 is 0. The minimum Gasteiger partial charge on any atom is -0.361 e. The van der Waals surface area contributed by atoms with Gasteiger partial charge in [0.25, 0.3) is 0 Å². The molecule has 4 rings (SSSR count). The Morgan fingerprint density at radius 2 is 1.70 bits per heavy atom. The number of nitrogens with zero attached hydrogens (tertiary/aromatic N) is 1. The van der Waals surface area contributed by atoms with Gasteiger partial charge in [-0.25, -0.2) is 4.79 Å². The van der Waals surface area contributed by atoms with Crippen LogP contribution in [-0.4, -0.2) is 36.1 Å². The second-order valence-corrected chi connectivity index (χ2v) is 7.53. The van der Waals surface area contributed by atoms with Crippen molar-refractivity contribution in [2.24, 2.45) is 0 Å². The van der Waals surface area contributed by atoms with Crippen molar-refractivity contribution >= 4 is 28.3 Å². The fourth-order valence-electron chi connectivity index (χ4n) is 3.81. The minimum absolute atomic E-state index is 0.227. The standard InChI is InChI=1S/C22H26N4O/c1-15-3-5-17(6-4-15)24-22(27)25-18-7-8-21-19(13-18)20(14-23-21)16-9-11-26(2)12-10-16/h3-8,13-14,16,23H,9-12H2,1-2H3,(H2,24,25,27). The van der Waals surface area contributed by atoms with Gasteiger partial charge in [0.05, 0.1) is 0 Å². The molecule has 5 heteroatoms. The highest BCUT2D eigenvalue weighted by atomic mass is 16.2. The molecule has 0 spiro atoms. The fourth-order valence-corrected chi connectivity index (χ4v) is 3.81. The van der Waals surface area contributed by atoms with Gasteiger partial charge in [0.15, 0.2) is 0 Å². The average molecular weight is 362 g/mol. The molecule has 0 atom stereocenters. The molecular weight excluding hydrogens is 336 g/mol. The summed E-state index contributed by atoms with van der Waals surface area (Å²) in [5.74, 6) is 0.576. The lowest BCUT2D eigenvalue weighted by Crippen LogP contribution is -2.29. The van der Waals surface area contributed by atoms with Gasteiger partial charge in [-0.05, 0) is 81.7 Å². The first-order valence-electron chi connectivity index (χ1n) is 9.53. The van der Waals surface area contributed by atoms with Gasteiger partial charge >= 0.3 is 6.03 Å². The summed E-state index contributed by atoms with van der Waals surface area (Å²) in [5.41, 5.74) is 5.24. The number of rotatable bonds is 3. The number of likely N-dealkylation sites (tertiary alicyclic amines) is 1. The zero-order valence-corrected chi connectivity index (χ0v) is 15.9. The lowest BCUT2D eigenvalue weighted by molar-refractivity contribution is 0.256. The van der Waals surface area contributed by atoms with E-state index in [1.807, 2.05) is 43.3 Å². The predicted molar refractivity (Wildman–Crippen MR) is 112 cm³/mol. The van der Waals surface area contributed by atoms with Crippen LogP contribution in [0.25, 0.3) is 10.9 Å². The van der Waals surface area contributed by atoms with E-state index in [-0.39, 0.29) is 6.03 Å². The number of aryl methyl sites for hydroxylation is 1. The highest BCUT2D eigenvalue weighted by Gasteiger charge is 2.21. The van der Waals surface area contributed by atoms with E-state index in [1.165, 1.54) is 29.4 Å². The molecule has 0 aliphatic carbocycles. The van der Waals surface area contributed by atoms with Crippen LogP contribution in [0.3, 0.4) is 0 Å². The van der Waals surface area contributed by atoms with E-state index in [0.717, 1.165) is 30.0 Å². The molecule has 5 nitrogen and oxygen atoms in total. The molecule has 1 aliphatic heterocycles. The van der Waals surface area contributed by atoms with Gasteiger partial charge in [-0.15, -0.1) is 0 Å². The number of anilines is 2. The molecule has 2 heterocycles. The van der Waals surface area contributed by atoms with E-state index < -0.39 is 0 Å². The molecule has 1 aromatic heterocycles. The van der Waals surface area contributed by atoms with Crippen molar-refractivity contribution in [2.45, 2.75) is 25.7 Å². The Kier molecular flexibility index (Phi) is 4.86.